The Balaban J connectivity index is 2.22. The number of rotatable bonds is 6. The fourth-order valence-corrected chi connectivity index (χ4v) is 2.23. The molecule has 6 heteroatoms. The molecule has 1 heterocycles. The Bertz CT molecular complexity index is 294. The van der Waals surface area contributed by atoms with E-state index in [1.165, 1.54) is 0 Å². The van der Waals surface area contributed by atoms with Crippen molar-refractivity contribution in [3.63, 3.8) is 0 Å². The standard InChI is InChI=1S/C12H22N2O4/c1-9(2)10-4-3-6-14(10)12(17)13-5-7-18-8-11(15)16/h9-10H,3-8H2,1-2H3,(H,13,17)(H,15,16). The van der Waals surface area contributed by atoms with Gasteiger partial charge in [0.25, 0.3) is 0 Å². The molecule has 1 atom stereocenters. The van der Waals surface area contributed by atoms with E-state index in [1.54, 1.807) is 0 Å². The zero-order valence-corrected chi connectivity index (χ0v) is 11.0. The first-order valence-electron chi connectivity index (χ1n) is 6.36. The lowest BCUT2D eigenvalue weighted by atomic mass is 10.0. The summed E-state index contributed by atoms with van der Waals surface area (Å²) in [6, 6.07) is 0.232. The minimum absolute atomic E-state index is 0.0786. The molecular formula is C12H22N2O4. The Hall–Kier alpha value is -1.30. The number of urea groups is 1. The minimum Gasteiger partial charge on any atom is -0.480 e. The van der Waals surface area contributed by atoms with Crippen molar-refractivity contribution in [1.29, 1.82) is 0 Å². The molecule has 104 valence electrons. The highest BCUT2D eigenvalue weighted by molar-refractivity contribution is 5.74. The summed E-state index contributed by atoms with van der Waals surface area (Å²) < 4.78 is 4.85. The van der Waals surface area contributed by atoms with Crippen molar-refractivity contribution in [2.75, 3.05) is 26.3 Å². The summed E-state index contributed by atoms with van der Waals surface area (Å²) in [5.74, 6) is -0.540. The summed E-state index contributed by atoms with van der Waals surface area (Å²) in [5, 5.41) is 11.1. The van der Waals surface area contributed by atoms with Crippen LogP contribution in [0.1, 0.15) is 26.7 Å². The van der Waals surface area contributed by atoms with Crippen LogP contribution in [0, 0.1) is 5.92 Å². The minimum atomic E-state index is -0.999. The van der Waals surface area contributed by atoms with Gasteiger partial charge in [0.15, 0.2) is 0 Å². The highest BCUT2D eigenvalue weighted by atomic mass is 16.5. The lowest BCUT2D eigenvalue weighted by molar-refractivity contribution is -0.142. The normalized spacial score (nSPS) is 19.3. The second-order valence-corrected chi connectivity index (χ2v) is 4.83. The van der Waals surface area contributed by atoms with Crippen molar-refractivity contribution in [2.24, 2.45) is 5.92 Å². The SMILES string of the molecule is CC(C)C1CCCN1C(=O)NCCOCC(=O)O. The molecule has 0 saturated carbocycles. The molecule has 18 heavy (non-hydrogen) atoms. The van der Waals surface area contributed by atoms with E-state index >= 15 is 0 Å². The van der Waals surface area contributed by atoms with Gasteiger partial charge in [0, 0.05) is 19.1 Å². The van der Waals surface area contributed by atoms with E-state index in [2.05, 4.69) is 19.2 Å². The molecule has 1 aliphatic heterocycles. The smallest absolute Gasteiger partial charge is 0.329 e. The van der Waals surface area contributed by atoms with Crippen LogP contribution in [0.2, 0.25) is 0 Å². The maximum absolute atomic E-state index is 11.9. The molecule has 0 aromatic carbocycles. The molecule has 2 N–H and O–H groups in total. The summed E-state index contributed by atoms with van der Waals surface area (Å²) in [5.41, 5.74) is 0. The lowest BCUT2D eigenvalue weighted by Crippen LogP contribution is -2.45. The van der Waals surface area contributed by atoms with Crippen LogP contribution in [0.4, 0.5) is 4.79 Å². The van der Waals surface area contributed by atoms with Crippen LogP contribution in [0.5, 0.6) is 0 Å². The Labute approximate surface area is 107 Å². The van der Waals surface area contributed by atoms with Crippen LogP contribution in [-0.4, -0.2) is 54.4 Å². The molecular weight excluding hydrogens is 236 g/mol. The van der Waals surface area contributed by atoms with Gasteiger partial charge in [0.05, 0.1) is 6.61 Å². The fourth-order valence-electron chi connectivity index (χ4n) is 2.23. The third-order valence-electron chi connectivity index (χ3n) is 3.08. The first-order chi connectivity index (χ1) is 8.52. The van der Waals surface area contributed by atoms with Gasteiger partial charge in [-0.3, -0.25) is 0 Å². The molecule has 0 bridgehead atoms. The number of aliphatic carboxylic acids is 1. The molecule has 1 aliphatic rings. The number of hydrogen-bond donors (Lipinski definition) is 2. The van der Waals surface area contributed by atoms with E-state index in [1.807, 2.05) is 4.90 Å². The van der Waals surface area contributed by atoms with Crippen molar-refractivity contribution in [2.45, 2.75) is 32.7 Å². The number of carboxylic acid groups (broad SMARTS) is 1. The zero-order valence-electron chi connectivity index (χ0n) is 11.0. The van der Waals surface area contributed by atoms with Gasteiger partial charge in [0.2, 0.25) is 0 Å². The zero-order chi connectivity index (χ0) is 13.5. The van der Waals surface area contributed by atoms with Gasteiger partial charge in [-0.05, 0) is 18.8 Å². The first-order valence-corrected chi connectivity index (χ1v) is 6.36. The Morgan fingerprint density at radius 2 is 2.22 bits per heavy atom. The second-order valence-electron chi connectivity index (χ2n) is 4.83. The van der Waals surface area contributed by atoms with E-state index < -0.39 is 5.97 Å². The molecule has 1 saturated heterocycles. The molecule has 6 nitrogen and oxygen atoms in total. The molecule has 2 amide bonds. The third-order valence-corrected chi connectivity index (χ3v) is 3.08. The molecule has 1 rings (SSSR count). The molecule has 1 unspecified atom stereocenters. The first kappa shape index (κ1) is 14.8. The summed E-state index contributed by atoms with van der Waals surface area (Å²) in [6.07, 6.45) is 2.10. The number of nitrogens with zero attached hydrogens (tertiary/aromatic N) is 1. The molecule has 0 aromatic rings. The maximum Gasteiger partial charge on any atom is 0.329 e. The van der Waals surface area contributed by atoms with Gasteiger partial charge < -0.3 is 20.1 Å². The van der Waals surface area contributed by atoms with E-state index in [0.717, 1.165) is 19.4 Å². The Morgan fingerprint density at radius 3 is 2.83 bits per heavy atom. The summed E-state index contributed by atoms with van der Waals surface area (Å²) in [6.45, 7) is 5.27. The average molecular weight is 258 g/mol. The number of carbonyl (C=O) groups is 2. The van der Waals surface area contributed by atoms with Gasteiger partial charge >= 0.3 is 12.0 Å². The molecule has 0 spiro atoms. The van der Waals surface area contributed by atoms with Crippen LogP contribution in [0.15, 0.2) is 0 Å². The number of amides is 2. The fraction of sp³-hybridized carbons (Fsp3) is 0.833. The van der Waals surface area contributed by atoms with Crippen molar-refractivity contribution >= 4 is 12.0 Å². The third kappa shape index (κ3) is 4.52. The van der Waals surface area contributed by atoms with Crippen LogP contribution >= 0.6 is 0 Å². The van der Waals surface area contributed by atoms with Crippen LogP contribution in [0.3, 0.4) is 0 Å². The van der Waals surface area contributed by atoms with Crippen LogP contribution in [-0.2, 0) is 9.53 Å². The number of hydrogen-bond acceptors (Lipinski definition) is 3. The Morgan fingerprint density at radius 1 is 1.50 bits per heavy atom. The van der Waals surface area contributed by atoms with E-state index in [4.69, 9.17) is 9.84 Å². The van der Waals surface area contributed by atoms with Crippen molar-refractivity contribution in [1.82, 2.24) is 10.2 Å². The molecule has 0 aliphatic carbocycles. The van der Waals surface area contributed by atoms with Crippen molar-refractivity contribution in [3.05, 3.63) is 0 Å². The number of likely N-dealkylation sites (tertiary alicyclic amines) is 1. The predicted molar refractivity (Wildman–Crippen MR) is 66.4 cm³/mol. The van der Waals surface area contributed by atoms with Gasteiger partial charge in [-0.2, -0.15) is 0 Å². The van der Waals surface area contributed by atoms with E-state index in [0.29, 0.717) is 18.5 Å². The highest BCUT2D eigenvalue weighted by Crippen LogP contribution is 2.23. The van der Waals surface area contributed by atoms with Gasteiger partial charge in [-0.25, -0.2) is 9.59 Å². The predicted octanol–water partition coefficient (Wildman–Crippen LogP) is 0.918. The van der Waals surface area contributed by atoms with Gasteiger partial charge in [-0.15, -0.1) is 0 Å². The summed E-state index contributed by atoms with van der Waals surface area (Å²) in [4.78, 5) is 24.0. The lowest BCUT2D eigenvalue weighted by Gasteiger charge is -2.27. The number of nitrogens with one attached hydrogen (secondary N) is 1. The average Bonchev–Trinajstić information content (AvgIpc) is 2.76. The van der Waals surface area contributed by atoms with Gasteiger partial charge in [0.1, 0.15) is 6.61 Å². The van der Waals surface area contributed by atoms with Crippen LogP contribution in [0.25, 0.3) is 0 Å². The van der Waals surface area contributed by atoms with Crippen molar-refractivity contribution < 1.29 is 19.4 Å². The summed E-state index contributed by atoms with van der Waals surface area (Å²) in [7, 11) is 0. The summed E-state index contributed by atoms with van der Waals surface area (Å²) >= 11 is 0. The number of carbonyl (C=O) groups excluding carboxylic acids is 1. The largest absolute Gasteiger partial charge is 0.480 e. The van der Waals surface area contributed by atoms with Gasteiger partial charge in [-0.1, -0.05) is 13.8 Å². The molecule has 0 radical (unpaired) electrons. The van der Waals surface area contributed by atoms with E-state index in [9.17, 15) is 9.59 Å². The maximum atomic E-state index is 11.9. The second kappa shape index (κ2) is 7.20. The molecule has 0 aromatic heterocycles. The monoisotopic (exact) mass is 258 g/mol. The quantitative estimate of drug-likeness (QED) is 0.694. The van der Waals surface area contributed by atoms with E-state index in [-0.39, 0.29) is 19.2 Å². The molecule has 1 fully saturated rings. The number of carboxylic acids is 1. The Kier molecular flexibility index (Phi) is 5.91. The van der Waals surface area contributed by atoms with Crippen molar-refractivity contribution in [3.8, 4) is 0 Å². The van der Waals surface area contributed by atoms with Crippen LogP contribution < -0.4 is 5.32 Å². The topological polar surface area (TPSA) is 78.9 Å². The highest BCUT2D eigenvalue weighted by Gasteiger charge is 2.30. The number of ether oxygens (including phenoxy) is 1.